The molecule has 0 saturated carbocycles. The van der Waals surface area contributed by atoms with E-state index >= 15 is 0 Å². The molecule has 0 unspecified atom stereocenters. The number of ether oxygens (including phenoxy) is 2. The van der Waals surface area contributed by atoms with E-state index in [1.165, 1.54) is 14.0 Å². The molecule has 1 rings (SSSR count). The predicted octanol–water partition coefficient (Wildman–Crippen LogP) is 2.36. The second-order valence-corrected chi connectivity index (χ2v) is 3.12. The lowest BCUT2D eigenvalue weighted by Crippen LogP contribution is -2.18. The summed E-state index contributed by atoms with van der Waals surface area (Å²) in [5.41, 5.74) is 0.371. The fourth-order valence-electron chi connectivity index (χ4n) is 1.19. The van der Waals surface area contributed by atoms with E-state index < -0.39 is 12.1 Å². The molecule has 1 heterocycles. The Morgan fingerprint density at radius 1 is 1.47 bits per heavy atom. The highest BCUT2D eigenvalue weighted by Crippen LogP contribution is 2.30. The highest BCUT2D eigenvalue weighted by Gasteiger charge is 2.32. The van der Waals surface area contributed by atoms with Crippen LogP contribution < -0.4 is 9.47 Å². The van der Waals surface area contributed by atoms with Crippen LogP contribution in [0.2, 0.25) is 0 Å². The Balaban J connectivity index is 3.20. The van der Waals surface area contributed by atoms with Crippen LogP contribution in [0, 0.1) is 18.3 Å². The van der Waals surface area contributed by atoms with Gasteiger partial charge in [0.25, 0.3) is 0 Å². The van der Waals surface area contributed by atoms with Crippen molar-refractivity contribution >= 4 is 0 Å². The molecule has 0 spiro atoms. The minimum atomic E-state index is -4.79. The van der Waals surface area contributed by atoms with E-state index in [4.69, 9.17) is 10.00 Å². The average Bonchev–Trinajstić information content (AvgIpc) is 2.22. The van der Waals surface area contributed by atoms with Gasteiger partial charge >= 0.3 is 6.36 Å². The van der Waals surface area contributed by atoms with Gasteiger partial charge in [-0.1, -0.05) is 0 Å². The van der Waals surface area contributed by atoms with E-state index in [2.05, 4.69) is 9.72 Å². The number of methoxy groups -OCH3 is 1. The molecule has 0 N–H and O–H groups in total. The first kappa shape index (κ1) is 13.1. The molecule has 1 aromatic rings. The van der Waals surface area contributed by atoms with Gasteiger partial charge < -0.3 is 9.47 Å². The minimum Gasteiger partial charge on any atom is -0.481 e. The Morgan fingerprint density at radius 2 is 2.12 bits per heavy atom. The molecule has 0 fully saturated rings. The quantitative estimate of drug-likeness (QED) is 0.821. The summed E-state index contributed by atoms with van der Waals surface area (Å²) < 4.78 is 45.0. The van der Waals surface area contributed by atoms with Gasteiger partial charge in [0.1, 0.15) is 5.75 Å². The first-order chi connectivity index (χ1) is 7.87. The standard InChI is InChI=1S/C10H9F3N2O2/c1-6-7(3-4-14)15-9(16-2)5-8(6)17-10(11,12)13/h5H,3H2,1-2H3. The molecule has 0 saturated heterocycles. The van der Waals surface area contributed by atoms with Gasteiger partial charge in [-0.3, -0.25) is 0 Å². The largest absolute Gasteiger partial charge is 0.573 e. The lowest BCUT2D eigenvalue weighted by Gasteiger charge is -2.14. The van der Waals surface area contributed by atoms with Gasteiger partial charge in [-0.05, 0) is 6.92 Å². The Bertz CT molecular complexity index is 452. The van der Waals surface area contributed by atoms with E-state index in [-0.39, 0.29) is 23.6 Å². The van der Waals surface area contributed by atoms with Crippen molar-refractivity contribution in [3.8, 4) is 17.7 Å². The molecule has 0 radical (unpaired) electrons. The monoisotopic (exact) mass is 246 g/mol. The topological polar surface area (TPSA) is 55.1 Å². The van der Waals surface area contributed by atoms with Gasteiger partial charge in [-0.25, -0.2) is 4.98 Å². The second kappa shape index (κ2) is 4.91. The van der Waals surface area contributed by atoms with Crippen LogP contribution in [0.1, 0.15) is 11.3 Å². The number of nitriles is 1. The zero-order valence-electron chi connectivity index (χ0n) is 9.13. The fraction of sp³-hybridized carbons (Fsp3) is 0.400. The lowest BCUT2D eigenvalue weighted by atomic mass is 10.1. The van der Waals surface area contributed by atoms with Gasteiger partial charge in [0.2, 0.25) is 5.88 Å². The maximum absolute atomic E-state index is 12.1. The molecule has 0 amide bonds. The molecule has 0 atom stereocenters. The van der Waals surface area contributed by atoms with Crippen molar-refractivity contribution in [3.05, 3.63) is 17.3 Å². The third-order valence-electron chi connectivity index (χ3n) is 1.98. The first-order valence-corrected chi connectivity index (χ1v) is 4.54. The zero-order valence-corrected chi connectivity index (χ0v) is 9.13. The fourth-order valence-corrected chi connectivity index (χ4v) is 1.19. The van der Waals surface area contributed by atoms with Crippen molar-refractivity contribution in [2.45, 2.75) is 19.7 Å². The number of hydrogen-bond acceptors (Lipinski definition) is 4. The van der Waals surface area contributed by atoms with Crippen molar-refractivity contribution < 1.29 is 22.6 Å². The normalized spacial score (nSPS) is 10.8. The van der Waals surface area contributed by atoms with Gasteiger partial charge in [0.05, 0.1) is 25.3 Å². The van der Waals surface area contributed by atoms with E-state index in [9.17, 15) is 13.2 Å². The molecule has 0 aliphatic carbocycles. The third kappa shape index (κ3) is 3.52. The minimum absolute atomic E-state index is 0.0277. The molecule has 17 heavy (non-hydrogen) atoms. The number of aromatic nitrogens is 1. The van der Waals surface area contributed by atoms with E-state index in [1.54, 1.807) is 0 Å². The van der Waals surface area contributed by atoms with Crippen molar-refractivity contribution in [2.75, 3.05) is 7.11 Å². The maximum atomic E-state index is 12.1. The van der Waals surface area contributed by atoms with Crippen LogP contribution in [0.4, 0.5) is 13.2 Å². The number of nitrogens with zero attached hydrogens (tertiary/aromatic N) is 2. The molecule has 1 aromatic heterocycles. The molecule has 7 heteroatoms. The molecule has 92 valence electrons. The number of hydrogen-bond donors (Lipinski definition) is 0. The summed E-state index contributed by atoms with van der Waals surface area (Å²) in [6.07, 6.45) is -4.90. The molecule has 0 aliphatic rings. The van der Waals surface area contributed by atoms with Crippen LogP contribution in [-0.4, -0.2) is 18.5 Å². The number of halogens is 3. The van der Waals surface area contributed by atoms with E-state index in [0.717, 1.165) is 6.07 Å². The summed E-state index contributed by atoms with van der Waals surface area (Å²) in [7, 11) is 1.27. The number of rotatable bonds is 3. The molecular weight excluding hydrogens is 237 g/mol. The van der Waals surface area contributed by atoms with Crippen LogP contribution in [0.25, 0.3) is 0 Å². The Morgan fingerprint density at radius 3 is 2.59 bits per heavy atom. The summed E-state index contributed by atoms with van der Waals surface area (Å²) in [4.78, 5) is 3.88. The van der Waals surface area contributed by atoms with Crippen molar-refractivity contribution in [3.63, 3.8) is 0 Å². The Hall–Kier alpha value is -1.97. The van der Waals surface area contributed by atoms with Gasteiger partial charge in [0.15, 0.2) is 0 Å². The lowest BCUT2D eigenvalue weighted by molar-refractivity contribution is -0.274. The van der Waals surface area contributed by atoms with Gasteiger partial charge in [-0.2, -0.15) is 5.26 Å². The van der Waals surface area contributed by atoms with Crippen LogP contribution in [0.5, 0.6) is 11.6 Å². The average molecular weight is 246 g/mol. The van der Waals surface area contributed by atoms with Crippen molar-refractivity contribution in [2.24, 2.45) is 0 Å². The second-order valence-electron chi connectivity index (χ2n) is 3.12. The first-order valence-electron chi connectivity index (χ1n) is 4.54. The molecule has 0 bridgehead atoms. The van der Waals surface area contributed by atoms with E-state index in [1.807, 2.05) is 6.07 Å². The summed E-state index contributed by atoms with van der Waals surface area (Å²) in [5.74, 6) is -0.435. The summed E-state index contributed by atoms with van der Waals surface area (Å²) in [5, 5.41) is 8.54. The van der Waals surface area contributed by atoms with Gasteiger partial charge in [-0.15, -0.1) is 13.2 Å². The van der Waals surface area contributed by atoms with E-state index in [0.29, 0.717) is 0 Å². The Kier molecular flexibility index (Phi) is 3.78. The van der Waals surface area contributed by atoms with Crippen LogP contribution in [0.3, 0.4) is 0 Å². The predicted molar refractivity (Wildman–Crippen MR) is 51.5 cm³/mol. The molecular formula is C10H9F3N2O2. The smallest absolute Gasteiger partial charge is 0.481 e. The molecule has 4 nitrogen and oxygen atoms in total. The van der Waals surface area contributed by atoms with Crippen LogP contribution in [-0.2, 0) is 6.42 Å². The summed E-state index contributed by atoms with van der Waals surface area (Å²) in [6.45, 7) is 1.40. The van der Waals surface area contributed by atoms with Crippen LogP contribution in [0.15, 0.2) is 6.07 Å². The summed E-state index contributed by atoms with van der Waals surface area (Å²) >= 11 is 0. The van der Waals surface area contributed by atoms with Crippen molar-refractivity contribution in [1.29, 1.82) is 5.26 Å². The summed E-state index contributed by atoms with van der Waals surface area (Å²) in [6, 6.07) is 2.84. The third-order valence-corrected chi connectivity index (χ3v) is 1.98. The van der Waals surface area contributed by atoms with Crippen molar-refractivity contribution in [1.82, 2.24) is 4.98 Å². The SMILES string of the molecule is COc1cc(OC(F)(F)F)c(C)c(CC#N)n1. The van der Waals surface area contributed by atoms with Gasteiger partial charge in [0, 0.05) is 11.6 Å². The highest BCUT2D eigenvalue weighted by atomic mass is 19.4. The Labute approximate surface area is 95.6 Å². The highest BCUT2D eigenvalue weighted by molar-refractivity contribution is 5.40. The molecule has 0 aliphatic heterocycles. The zero-order chi connectivity index (χ0) is 13.1. The molecule has 0 aromatic carbocycles. The maximum Gasteiger partial charge on any atom is 0.573 e. The van der Waals surface area contributed by atoms with Crippen LogP contribution >= 0.6 is 0 Å². The number of alkyl halides is 3. The number of pyridine rings is 1.